The van der Waals surface area contributed by atoms with E-state index in [1.165, 1.54) is 9.80 Å². The highest BCUT2D eigenvalue weighted by Crippen LogP contribution is 2.42. The molecule has 0 aromatic heterocycles. The summed E-state index contributed by atoms with van der Waals surface area (Å²) in [4.78, 5) is 81.8. The first kappa shape index (κ1) is 38.8. The Kier molecular flexibility index (Phi) is 10.6. The van der Waals surface area contributed by atoms with Gasteiger partial charge in [-0.3, -0.25) is 19.4 Å². The van der Waals surface area contributed by atoms with Gasteiger partial charge in [0, 0.05) is 28.8 Å². The van der Waals surface area contributed by atoms with Crippen LogP contribution in [0.1, 0.15) is 119 Å². The van der Waals surface area contributed by atoms with Crippen molar-refractivity contribution in [2.45, 2.75) is 142 Å². The summed E-state index contributed by atoms with van der Waals surface area (Å²) in [6, 6.07) is 6.71. The van der Waals surface area contributed by atoms with Crippen LogP contribution in [0.4, 0.5) is 9.59 Å². The zero-order valence-electron chi connectivity index (χ0n) is 32.3. The van der Waals surface area contributed by atoms with E-state index in [2.05, 4.69) is 0 Å². The number of esters is 2. The van der Waals surface area contributed by atoms with Gasteiger partial charge in [0.1, 0.15) is 35.6 Å². The number of rotatable bonds is 6. The first-order valence-electron chi connectivity index (χ1n) is 18.7. The summed E-state index contributed by atoms with van der Waals surface area (Å²) >= 11 is 0. The highest BCUT2D eigenvalue weighted by Gasteiger charge is 2.44. The average Bonchev–Trinajstić information content (AvgIpc) is 3.68. The lowest BCUT2D eigenvalue weighted by Gasteiger charge is -2.32. The molecule has 2 aromatic carbocycles. The highest BCUT2D eigenvalue weighted by atomic mass is 16.6. The van der Waals surface area contributed by atoms with Gasteiger partial charge in [-0.05, 0) is 129 Å². The Bertz CT molecular complexity index is 1870. The molecule has 0 spiro atoms. The number of ether oxygens (including phenoxy) is 5. The summed E-state index contributed by atoms with van der Waals surface area (Å²) in [7, 11) is 0. The summed E-state index contributed by atoms with van der Waals surface area (Å²) in [6.45, 7) is 13.9. The van der Waals surface area contributed by atoms with Crippen LogP contribution in [0, 0.1) is 0 Å². The van der Waals surface area contributed by atoms with E-state index in [-0.39, 0.29) is 24.5 Å². The Balaban J connectivity index is 1.10. The van der Waals surface area contributed by atoms with Gasteiger partial charge in [-0.15, -0.1) is 0 Å². The standard InChI is InChI=1S/C41H50N2O11/c1-22-9-14-30(42(22)38(48)53-40(3,4)5)36(46)51-21-32(44)25-11-13-27-26(17-25)20-50-34-19-28-24(18-29(27)34)12-16-33(35(28)45)52-37(47)31-15-10-23(2)43(31)39(49)54-41(6,7)8/h11,13,17-19,22-23,30-31,33H,9-10,12,14-16,20-21H2,1-8H3/t22-,23-,30-,31-,33?/m0/s1. The molecule has 0 bridgehead atoms. The third-order valence-electron chi connectivity index (χ3n) is 10.2. The van der Waals surface area contributed by atoms with E-state index >= 15 is 0 Å². The minimum absolute atomic E-state index is 0.139. The molecule has 54 heavy (non-hydrogen) atoms. The topological polar surface area (TPSA) is 155 Å². The zero-order chi connectivity index (χ0) is 39.3. The second kappa shape index (κ2) is 14.7. The van der Waals surface area contributed by atoms with Gasteiger partial charge in [0.25, 0.3) is 0 Å². The predicted molar refractivity (Wildman–Crippen MR) is 195 cm³/mol. The summed E-state index contributed by atoms with van der Waals surface area (Å²) in [5.41, 5.74) is 2.49. The van der Waals surface area contributed by atoms with E-state index < -0.39 is 65.9 Å². The Hall–Kier alpha value is -4.94. The number of fused-ring (bicyclic) bond motifs is 4. The summed E-state index contributed by atoms with van der Waals surface area (Å²) in [6.07, 6.45) is 0.670. The minimum atomic E-state index is -0.990. The van der Waals surface area contributed by atoms with E-state index in [0.29, 0.717) is 55.4 Å². The zero-order valence-corrected chi connectivity index (χ0v) is 32.3. The van der Waals surface area contributed by atoms with Gasteiger partial charge in [-0.25, -0.2) is 19.2 Å². The quantitative estimate of drug-likeness (QED) is 0.179. The van der Waals surface area contributed by atoms with Gasteiger partial charge in [0.2, 0.25) is 5.78 Å². The van der Waals surface area contributed by atoms with Crippen LogP contribution in [0.3, 0.4) is 0 Å². The molecule has 13 nitrogen and oxygen atoms in total. The van der Waals surface area contributed by atoms with Crippen molar-refractivity contribution in [2.75, 3.05) is 6.61 Å². The number of aryl methyl sites for hydroxylation is 1. The Morgan fingerprint density at radius 3 is 1.91 bits per heavy atom. The van der Waals surface area contributed by atoms with Crippen LogP contribution >= 0.6 is 0 Å². The lowest BCUT2D eigenvalue weighted by atomic mass is 9.84. The molecule has 6 rings (SSSR count). The molecule has 2 aromatic rings. The fourth-order valence-corrected chi connectivity index (χ4v) is 7.61. The van der Waals surface area contributed by atoms with Crippen molar-refractivity contribution in [1.29, 1.82) is 0 Å². The van der Waals surface area contributed by atoms with Crippen molar-refractivity contribution in [3.05, 3.63) is 52.6 Å². The molecule has 2 saturated heterocycles. The van der Waals surface area contributed by atoms with Crippen molar-refractivity contribution >= 4 is 35.7 Å². The maximum Gasteiger partial charge on any atom is 0.411 e. The molecule has 4 aliphatic rings. The molecule has 2 fully saturated rings. The normalized spacial score (nSPS) is 23.4. The fourth-order valence-electron chi connectivity index (χ4n) is 7.61. The number of likely N-dealkylation sites (tertiary alicyclic amines) is 2. The number of hydrogen-bond acceptors (Lipinski definition) is 11. The van der Waals surface area contributed by atoms with Crippen molar-refractivity contribution in [1.82, 2.24) is 9.80 Å². The molecule has 5 atom stereocenters. The lowest BCUT2D eigenvalue weighted by Crippen LogP contribution is -2.48. The molecule has 1 aliphatic carbocycles. The third-order valence-corrected chi connectivity index (χ3v) is 10.2. The van der Waals surface area contributed by atoms with E-state index in [1.807, 2.05) is 26.0 Å². The SMILES string of the molecule is C[C@H]1CC[C@@H](C(=O)OCC(=O)c2ccc3c(c2)COc2cc4c(cc2-3)CCC(OC(=O)[C@@H]2CC[C@H](C)N2C(=O)OC(C)(C)C)C4=O)N1C(=O)OC(C)(C)C. The average molecular weight is 747 g/mol. The van der Waals surface area contributed by atoms with Crippen LogP contribution in [-0.4, -0.2) is 93.6 Å². The second-order valence-corrected chi connectivity index (χ2v) is 16.7. The minimum Gasteiger partial charge on any atom is -0.488 e. The number of hydrogen-bond donors (Lipinski definition) is 0. The Morgan fingerprint density at radius 1 is 0.722 bits per heavy atom. The van der Waals surface area contributed by atoms with Crippen LogP contribution in [0.5, 0.6) is 5.75 Å². The van der Waals surface area contributed by atoms with Gasteiger partial charge in [-0.2, -0.15) is 0 Å². The van der Waals surface area contributed by atoms with Gasteiger partial charge in [-0.1, -0.05) is 12.1 Å². The van der Waals surface area contributed by atoms with E-state index in [0.717, 1.165) is 22.3 Å². The number of nitrogens with zero attached hydrogens (tertiary/aromatic N) is 2. The number of ketones is 2. The molecule has 0 radical (unpaired) electrons. The smallest absolute Gasteiger partial charge is 0.411 e. The Labute approximate surface area is 315 Å². The van der Waals surface area contributed by atoms with Gasteiger partial charge >= 0.3 is 24.1 Å². The van der Waals surface area contributed by atoms with E-state index in [1.54, 1.807) is 59.7 Å². The van der Waals surface area contributed by atoms with Crippen molar-refractivity contribution in [3.8, 4) is 16.9 Å². The Morgan fingerprint density at radius 2 is 1.31 bits per heavy atom. The first-order valence-corrected chi connectivity index (χ1v) is 18.7. The van der Waals surface area contributed by atoms with Crippen LogP contribution in [0.15, 0.2) is 30.3 Å². The molecule has 3 aliphatic heterocycles. The van der Waals surface area contributed by atoms with Crippen molar-refractivity contribution in [2.24, 2.45) is 0 Å². The molecule has 0 N–H and O–H groups in total. The van der Waals surface area contributed by atoms with Crippen LogP contribution < -0.4 is 4.74 Å². The summed E-state index contributed by atoms with van der Waals surface area (Å²) in [5.74, 6) is -1.50. The van der Waals surface area contributed by atoms with Crippen molar-refractivity contribution < 1.29 is 52.5 Å². The number of carbonyl (C=O) groups is 6. The number of carbonyl (C=O) groups excluding carboxylic acids is 6. The number of benzene rings is 2. The number of Topliss-reactive ketones (excluding diaryl/α,β-unsaturated/α-hetero) is 2. The molecule has 13 heteroatoms. The third kappa shape index (κ3) is 8.09. The number of amides is 2. The molecular formula is C41H50N2O11. The highest BCUT2D eigenvalue weighted by molar-refractivity contribution is 6.04. The summed E-state index contributed by atoms with van der Waals surface area (Å²) < 4.78 is 28.3. The van der Waals surface area contributed by atoms with Crippen LogP contribution in [-0.2, 0) is 41.6 Å². The molecular weight excluding hydrogens is 696 g/mol. The molecule has 290 valence electrons. The maximum absolute atomic E-state index is 13.7. The predicted octanol–water partition coefficient (Wildman–Crippen LogP) is 6.59. The molecule has 0 saturated carbocycles. The fraction of sp³-hybridized carbons (Fsp3) is 0.561. The molecule has 3 heterocycles. The van der Waals surface area contributed by atoms with Crippen LogP contribution in [0.25, 0.3) is 11.1 Å². The van der Waals surface area contributed by atoms with Crippen molar-refractivity contribution in [3.63, 3.8) is 0 Å². The largest absolute Gasteiger partial charge is 0.488 e. The van der Waals surface area contributed by atoms with Gasteiger partial charge in [0.15, 0.2) is 18.5 Å². The van der Waals surface area contributed by atoms with E-state index in [9.17, 15) is 28.8 Å². The van der Waals surface area contributed by atoms with Gasteiger partial charge < -0.3 is 23.7 Å². The first-order chi connectivity index (χ1) is 25.3. The maximum atomic E-state index is 13.7. The second-order valence-electron chi connectivity index (χ2n) is 16.7. The van der Waals surface area contributed by atoms with E-state index in [4.69, 9.17) is 23.7 Å². The van der Waals surface area contributed by atoms with Crippen LogP contribution in [0.2, 0.25) is 0 Å². The monoisotopic (exact) mass is 746 g/mol. The van der Waals surface area contributed by atoms with Gasteiger partial charge in [0.05, 0.1) is 0 Å². The summed E-state index contributed by atoms with van der Waals surface area (Å²) in [5, 5.41) is 0. The lowest BCUT2D eigenvalue weighted by molar-refractivity contribution is -0.153. The molecule has 2 amide bonds. The molecule has 1 unspecified atom stereocenters.